The summed E-state index contributed by atoms with van der Waals surface area (Å²) >= 11 is 0. The van der Waals surface area contributed by atoms with Gasteiger partial charge in [0.25, 0.3) is 5.56 Å². The zero-order valence-corrected chi connectivity index (χ0v) is 15.8. The van der Waals surface area contributed by atoms with Gasteiger partial charge in [-0.3, -0.25) is 19.1 Å². The average Bonchev–Trinajstić information content (AvgIpc) is 2.64. The van der Waals surface area contributed by atoms with Crippen LogP contribution >= 0.6 is 0 Å². The van der Waals surface area contributed by atoms with Crippen molar-refractivity contribution in [2.45, 2.75) is 58.9 Å². The van der Waals surface area contributed by atoms with Crippen LogP contribution in [0.2, 0.25) is 0 Å². The number of amides is 1. The monoisotopic (exact) mass is 366 g/mol. The van der Waals surface area contributed by atoms with E-state index in [1.54, 1.807) is 0 Å². The van der Waals surface area contributed by atoms with E-state index in [-0.39, 0.29) is 23.3 Å². The minimum absolute atomic E-state index is 0.0729. The van der Waals surface area contributed by atoms with Gasteiger partial charge in [0.2, 0.25) is 5.91 Å². The van der Waals surface area contributed by atoms with Gasteiger partial charge in [-0.05, 0) is 25.7 Å². The first kappa shape index (κ1) is 20.2. The number of nitrogens with one attached hydrogen (secondary N) is 1. The molecule has 146 valence electrons. The molecule has 26 heavy (non-hydrogen) atoms. The van der Waals surface area contributed by atoms with Crippen molar-refractivity contribution in [3.8, 4) is 0 Å². The van der Waals surface area contributed by atoms with Gasteiger partial charge in [0, 0.05) is 32.2 Å². The van der Waals surface area contributed by atoms with E-state index in [1.807, 2.05) is 13.8 Å². The van der Waals surface area contributed by atoms with Crippen molar-refractivity contribution in [2.75, 3.05) is 30.4 Å². The summed E-state index contributed by atoms with van der Waals surface area (Å²) in [5, 5.41) is 0. The Hall–Kier alpha value is -2.09. The van der Waals surface area contributed by atoms with E-state index >= 15 is 0 Å². The molecule has 1 aliphatic heterocycles. The second kappa shape index (κ2) is 9.56. The zero-order chi connectivity index (χ0) is 19.1. The van der Waals surface area contributed by atoms with Crippen LogP contribution in [0.25, 0.3) is 0 Å². The number of aromatic amines is 1. The van der Waals surface area contributed by atoms with Crippen LogP contribution in [0.5, 0.6) is 0 Å². The largest absolute Gasteiger partial charge is 0.383 e. The molecule has 1 aromatic rings. The normalized spacial score (nSPS) is 15.2. The summed E-state index contributed by atoms with van der Waals surface area (Å²) in [6.45, 7) is 5.94. The van der Waals surface area contributed by atoms with Gasteiger partial charge in [-0.2, -0.15) is 0 Å². The minimum atomic E-state index is -0.600. The number of hydrogen-bond acceptors (Lipinski definition) is 5. The van der Waals surface area contributed by atoms with Gasteiger partial charge in [-0.15, -0.1) is 0 Å². The molecule has 0 unspecified atom stereocenters. The number of hydrogen-bond donors (Lipinski definition) is 2. The highest BCUT2D eigenvalue weighted by Gasteiger charge is 2.30. The maximum atomic E-state index is 13.1. The Balaban J connectivity index is 2.44. The number of aromatic nitrogens is 2. The Kier molecular flexibility index (Phi) is 7.44. The SMILES string of the molecule is CCCCN(C(=O)C1CCOCC1)c1c(N)n(CCCC)c(=O)[nH]c1=O. The Morgan fingerprint density at radius 3 is 2.50 bits per heavy atom. The summed E-state index contributed by atoms with van der Waals surface area (Å²) in [5.41, 5.74) is 5.16. The predicted molar refractivity (Wildman–Crippen MR) is 101 cm³/mol. The molecule has 0 atom stereocenters. The molecule has 1 amide bonds. The molecule has 0 aliphatic carbocycles. The number of anilines is 2. The highest BCUT2D eigenvalue weighted by Crippen LogP contribution is 2.24. The van der Waals surface area contributed by atoms with Crippen LogP contribution in [-0.4, -0.2) is 35.2 Å². The molecule has 0 saturated carbocycles. The molecule has 8 heteroatoms. The summed E-state index contributed by atoms with van der Waals surface area (Å²) in [4.78, 5) is 41.5. The van der Waals surface area contributed by atoms with Gasteiger partial charge in [-0.25, -0.2) is 4.79 Å². The van der Waals surface area contributed by atoms with Gasteiger partial charge in [0.1, 0.15) is 5.82 Å². The lowest BCUT2D eigenvalue weighted by Gasteiger charge is -2.30. The molecule has 8 nitrogen and oxygen atoms in total. The molecule has 0 spiro atoms. The molecule has 0 bridgehead atoms. The third-order valence-electron chi connectivity index (χ3n) is 4.79. The maximum absolute atomic E-state index is 13.1. The number of carbonyl (C=O) groups excluding carboxylic acids is 1. The standard InChI is InChI=1S/C18H30N4O4/c1-3-5-9-21(17(24)13-7-11-26-12-8-13)14-15(19)22(10-6-4-2)18(25)20-16(14)23/h13H,3-12,19H2,1-2H3,(H,20,23,25). The fraction of sp³-hybridized carbons (Fsp3) is 0.722. The number of nitrogen functional groups attached to an aromatic ring is 1. The maximum Gasteiger partial charge on any atom is 0.330 e. The Morgan fingerprint density at radius 1 is 1.23 bits per heavy atom. The number of ether oxygens (including phenoxy) is 1. The highest BCUT2D eigenvalue weighted by atomic mass is 16.5. The van der Waals surface area contributed by atoms with E-state index < -0.39 is 11.2 Å². The van der Waals surface area contributed by atoms with Crippen molar-refractivity contribution in [3.63, 3.8) is 0 Å². The van der Waals surface area contributed by atoms with E-state index in [9.17, 15) is 14.4 Å². The van der Waals surface area contributed by atoms with E-state index in [2.05, 4.69) is 4.98 Å². The molecule has 1 aliphatic rings. The van der Waals surface area contributed by atoms with Crippen LogP contribution in [0.4, 0.5) is 11.5 Å². The lowest BCUT2D eigenvalue weighted by Crippen LogP contribution is -2.45. The first-order valence-corrected chi connectivity index (χ1v) is 9.52. The summed E-state index contributed by atoms with van der Waals surface area (Å²) in [6, 6.07) is 0. The summed E-state index contributed by atoms with van der Waals surface area (Å²) in [5.74, 6) is -0.223. The van der Waals surface area contributed by atoms with Crippen LogP contribution in [-0.2, 0) is 16.1 Å². The fourth-order valence-corrected chi connectivity index (χ4v) is 3.19. The van der Waals surface area contributed by atoms with Crippen LogP contribution in [0, 0.1) is 5.92 Å². The van der Waals surface area contributed by atoms with Gasteiger partial charge in [0.05, 0.1) is 0 Å². The molecular weight excluding hydrogens is 336 g/mol. The fourth-order valence-electron chi connectivity index (χ4n) is 3.19. The molecule has 2 rings (SSSR count). The Morgan fingerprint density at radius 2 is 1.88 bits per heavy atom. The van der Waals surface area contributed by atoms with Gasteiger partial charge >= 0.3 is 5.69 Å². The lowest BCUT2D eigenvalue weighted by atomic mass is 9.98. The number of rotatable bonds is 8. The number of carbonyl (C=O) groups is 1. The average molecular weight is 366 g/mol. The van der Waals surface area contributed by atoms with Crippen molar-refractivity contribution in [3.05, 3.63) is 20.8 Å². The predicted octanol–water partition coefficient (Wildman–Crippen LogP) is 1.48. The van der Waals surface area contributed by atoms with Crippen LogP contribution in [0.15, 0.2) is 9.59 Å². The Labute approximate surface area is 153 Å². The zero-order valence-electron chi connectivity index (χ0n) is 15.8. The minimum Gasteiger partial charge on any atom is -0.383 e. The Bertz CT molecular complexity index is 719. The molecule has 1 saturated heterocycles. The molecular formula is C18H30N4O4. The third kappa shape index (κ3) is 4.55. The van der Waals surface area contributed by atoms with Crippen LogP contribution in [0.3, 0.4) is 0 Å². The topological polar surface area (TPSA) is 110 Å². The van der Waals surface area contributed by atoms with Crippen molar-refractivity contribution in [2.24, 2.45) is 5.92 Å². The number of H-pyrrole nitrogens is 1. The number of nitrogens with two attached hydrogens (primary N) is 1. The van der Waals surface area contributed by atoms with Crippen LogP contribution in [0.1, 0.15) is 52.4 Å². The van der Waals surface area contributed by atoms with E-state index in [4.69, 9.17) is 10.5 Å². The molecule has 2 heterocycles. The molecule has 3 N–H and O–H groups in total. The number of unbranched alkanes of at least 4 members (excludes halogenated alkanes) is 2. The highest BCUT2D eigenvalue weighted by molar-refractivity contribution is 5.97. The van der Waals surface area contributed by atoms with Gasteiger partial charge in [0.15, 0.2) is 5.69 Å². The van der Waals surface area contributed by atoms with Crippen molar-refractivity contribution in [1.82, 2.24) is 9.55 Å². The molecule has 1 fully saturated rings. The van der Waals surface area contributed by atoms with Crippen molar-refractivity contribution >= 4 is 17.4 Å². The molecule has 0 radical (unpaired) electrons. The van der Waals surface area contributed by atoms with Crippen molar-refractivity contribution in [1.29, 1.82) is 0 Å². The second-order valence-electron chi connectivity index (χ2n) is 6.73. The van der Waals surface area contributed by atoms with Gasteiger partial charge < -0.3 is 15.4 Å². The lowest BCUT2D eigenvalue weighted by molar-refractivity contribution is -0.125. The molecule has 1 aromatic heterocycles. The van der Waals surface area contributed by atoms with Crippen molar-refractivity contribution < 1.29 is 9.53 Å². The summed E-state index contributed by atoms with van der Waals surface area (Å²) in [6.07, 6.45) is 4.55. The van der Waals surface area contributed by atoms with Crippen LogP contribution < -0.4 is 21.9 Å². The molecule has 0 aromatic carbocycles. The smallest absolute Gasteiger partial charge is 0.330 e. The first-order chi connectivity index (χ1) is 12.5. The third-order valence-corrected chi connectivity index (χ3v) is 4.79. The number of nitrogens with zero attached hydrogens (tertiary/aromatic N) is 2. The van der Waals surface area contributed by atoms with E-state index in [1.165, 1.54) is 9.47 Å². The second-order valence-corrected chi connectivity index (χ2v) is 6.73. The van der Waals surface area contributed by atoms with Gasteiger partial charge in [-0.1, -0.05) is 26.7 Å². The summed E-state index contributed by atoms with van der Waals surface area (Å²) < 4.78 is 6.69. The summed E-state index contributed by atoms with van der Waals surface area (Å²) in [7, 11) is 0. The quantitative estimate of drug-likeness (QED) is 0.724. The van der Waals surface area contributed by atoms with E-state index in [0.717, 1.165) is 25.7 Å². The van der Waals surface area contributed by atoms with E-state index in [0.29, 0.717) is 39.1 Å². The first-order valence-electron chi connectivity index (χ1n) is 9.52.